The molecule has 118 valence electrons. The van der Waals surface area contributed by atoms with E-state index >= 15 is 0 Å². The van der Waals surface area contributed by atoms with E-state index < -0.39 is 0 Å². The van der Waals surface area contributed by atoms with E-state index in [-0.39, 0.29) is 11.7 Å². The molecule has 1 rings (SSSR count). The van der Waals surface area contributed by atoms with E-state index in [1.54, 1.807) is 17.0 Å². The number of carbonyl (C=O) groups is 1. The summed E-state index contributed by atoms with van der Waals surface area (Å²) in [7, 11) is 1.83. The second kappa shape index (κ2) is 9.40. The third-order valence-electron chi connectivity index (χ3n) is 3.82. The highest BCUT2D eigenvalue weighted by Crippen LogP contribution is 2.18. The molecule has 0 aliphatic rings. The van der Waals surface area contributed by atoms with Crippen LogP contribution >= 0.6 is 0 Å². The molecular formula is C17H28N2O2. The number of amides is 1. The number of phenolic OH excluding ortho intramolecular Hbond substituents is 1. The number of carbonyl (C=O) groups excluding carboxylic acids is 1. The molecule has 0 saturated heterocycles. The Morgan fingerprint density at radius 1 is 1.24 bits per heavy atom. The molecule has 1 unspecified atom stereocenters. The van der Waals surface area contributed by atoms with Crippen LogP contribution in [0, 0.1) is 5.92 Å². The average Bonchev–Trinajstić information content (AvgIpc) is 2.47. The Kier molecular flexibility index (Phi) is 7.83. The van der Waals surface area contributed by atoms with Gasteiger partial charge in [0.05, 0.1) is 0 Å². The zero-order valence-corrected chi connectivity index (χ0v) is 13.2. The molecular weight excluding hydrogens is 264 g/mol. The lowest BCUT2D eigenvalue weighted by Crippen LogP contribution is -2.26. The molecule has 3 N–H and O–H groups in total. The summed E-state index contributed by atoms with van der Waals surface area (Å²) in [4.78, 5) is 13.9. The number of benzene rings is 1. The van der Waals surface area contributed by atoms with E-state index in [0.717, 1.165) is 31.2 Å². The summed E-state index contributed by atoms with van der Waals surface area (Å²) in [6.45, 7) is 3.44. The Morgan fingerprint density at radius 3 is 2.48 bits per heavy atom. The molecule has 0 saturated carbocycles. The number of hydrogen-bond donors (Lipinski definition) is 2. The lowest BCUT2D eigenvalue weighted by molar-refractivity contribution is -0.130. The Morgan fingerprint density at radius 2 is 1.90 bits per heavy atom. The number of hydrogen-bond acceptors (Lipinski definition) is 3. The summed E-state index contributed by atoms with van der Waals surface area (Å²) in [6.07, 6.45) is 4.79. The molecule has 21 heavy (non-hydrogen) atoms. The Hall–Kier alpha value is -1.55. The van der Waals surface area contributed by atoms with Crippen LogP contribution in [-0.4, -0.2) is 29.5 Å². The predicted octanol–water partition coefficient (Wildman–Crippen LogP) is 2.90. The molecule has 0 heterocycles. The minimum atomic E-state index is 0.168. The molecule has 0 fully saturated rings. The Balaban J connectivity index is 2.41. The molecule has 0 radical (unpaired) electrons. The van der Waals surface area contributed by atoms with Gasteiger partial charge in [-0.3, -0.25) is 4.79 Å². The van der Waals surface area contributed by atoms with Gasteiger partial charge in [0, 0.05) is 20.0 Å². The molecule has 0 bridgehead atoms. The highest BCUT2D eigenvalue weighted by Gasteiger charge is 2.13. The van der Waals surface area contributed by atoms with Crippen LogP contribution in [0.2, 0.25) is 0 Å². The minimum Gasteiger partial charge on any atom is -0.508 e. The van der Waals surface area contributed by atoms with Crippen molar-refractivity contribution >= 4 is 5.91 Å². The molecule has 0 aromatic heterocycles. The lowest BCUT2D eigenvalue weighted by atomic mass is 9.94. The predicted molar refractivity (Wildman–Crippen MR) is 85.9 cm³/mol. The van der Waals surface area contributed by atoms with Crippen molar-refractivity contribution in [2.75, 3.05) is 13.6 Å². The first-order chi connectivity index (χ1) is 10.1. The van der Waals surface area contributed by atoms with Crippen molar-refractivity contribution in [1.82, 2.24) is 4.90 Å². The van der Waals surface area contributed by atoms with Gasteiger partial charge < -0.3 is 15.7 Å². The molecule has 0 spiro atoms. The van der Waals surface area contributed by atoms with Gasteiger partial charge in [-0.1, -0.05) is 31.9 Å². The summed E-state index contributed by atoms with van der Waals surface area (Å²) in [5, 5.41) is 9.26. The normalized spacial score (nSPS) is 12.1. The van der Waals surface area contributed by atoms with Crippen molar-refractivity contribution in [3.05, 3.63) is 29.8 Å². The van der Waals surface area contributed by atoms with Gasteiger partial charge in [-0.05, 0) is 43.0 Å². The van der Waals surface area contributed by atoms with Crippen molar-refractivity contribution in [2.45, 2.75) is 45.6 Å². The van der Waals surface area contributed by atoms with Crippen LogP contribution in [-0.2, 0) is 11.3 Å². The van der Waals surface area contributed by atoms with Crippen molar-refractivity contribution in [3.63, 3.8) is 0 Å². The SMILES string of the molecule is CCCC(CCN)CCC(=O)N(C)Cc1ccc(O)cc1. The average molecular weight is 292 g/mol. The number of phenols is 1. The smallest absolute Gasteiger partial charge is 0.222 e. The third-order valence-corrected chi connectivity index (χ3v) is 3.82. The van der Waals surface area contributed by atoms with Crippen molar-refractivity contribution in [1.29, 1.82) is 0 Å². The Bertz CT molecular complexity index is 411. The summed E-state index contributed by atoms with van der Waals surface area (Å²) >= 11 is 0. The van der Waals surface area contributed by atoms with Gasteiger partial charge in [-0.25, -0.2) is 0 Å². The van der Waals surface area contributed by atoms with E-state index in [2.05, 4.69) is 6.92 Å². The van der Waals surface area contributed by atoms with Crippen LogP contribution in [0.4, 0.5) is 0 Å². The largest absolute Gasteiger partial charge is 0.508 e. The molecule has 1 atom stereocenters. The first-order valence-electron chi connectivity index (χ1n) is 7.78. The van der Waals surface area contributed by atoms with Gasteiger partial charge in [0.2, 0.25) is 5.91 Å². The van der Waals surface area contributed by atoms with Crippen LogP contribution in [0.25, 0.3) is 0 Å². The zero-order valence-electron chi connectivity index (χ0n) is 13.2. The third kappa shape index (κ3) is 6.63. The van der Waals surface area contributed by atoms with Crippen molar-refractivity contribution in [2.24, 2.45) is 11.7 Å². The summed E-state index contributed by atoms with van der Waals surface area (Å²) < 4.78 is 0. The summed E-state index contributed by atoms with van der Waals surface area (Å²) in [5.74, 6) is 0.976. The molecule has 1 aromatic carbocycles. The van der Waals surface area contributed by atoms with Gasteiger partial charge in [-0.2, -0.15) is 0 Å². The van der Waals surface area contributed by atoms with E-state index in [0.29, 0.717) is 25.4 Å². The van der Waals surface area contributed by atoms with E-state index in [1.807, 2.05) is 19.2 Å². The summed E-state index contributed by atoms with van der Waals surface area (Å²) in [5.41, 5.74) is 6.65. The van der Waals surface area contributed by atoms with Gasteiger partial charge in [0.25, 0.3) is 0 Å². The number of nitrogens with two attached hydrogens (primary N) is 1. The molecule has 4 heteroatoms. The number of aromatic hydroxyl groups is 1. The number of nitrogens with zero attached hydrogens (tertiary/aromatic N) is 1. The monoisotopic (exact) mass is 292 g/mol. The van der Waals surface area contributed by atoms with E-state index in [9.17, 15) is 9.90 Å². The Labute approximate surface area is 128 Å². The van der Waals surface area contributed by atoms with Crippen LogP contribution in [0.1, 0.15) is 44.6 Å². The first-order valence-corrected chi connectivity index (χ1v) is 7.78. The number of rotatable bonds is 9. The van der Waals surface area contributed by atoms with Crippen LogP contribution < -0.4 is 5.73 Å². The second-order valence-corrected chi connectivity index (χ2v) is 5.69. The van der Waals surface area contributed by atoms with Gasteiger partial charge in [0.15, 0.2) is 0 Å². The standard InChI is InChI=1S/C17H28N2O2/c1-3-4-14(11-12-18)7-10-17(21)19(2)13-15-5-8-16(20)9-6-15/h5-6,8-9,14,20H,3-4,7,10-13,18H2,1-2H3. The fraction of sp³-hybridized carbons (Fsp3) is 0.588. The zero-order chi connectivity index (χ0) is 15.7. The summed E-state index contributed by atoms with van der Waals surface area (Å²) in [6, 6.07) is 6.97. The van der Waals surface area contributed by atoms with Gasteiger partial charge in [-0.15, -0.1) is 0 Å². The highest BCUT2D eigenvalue weighted by molar-refractivity contribution is 5.75. The second-order valence-electron chi connectivity index (χ2n) is 5.69. The molecule has 1 aromatic rings. The van der Waals surface area contributed by atoms with Crippen LogP contribution in [0.5, 0.6) is 5.75 Å². The first kappa shape index (κ1) is 17.5. The van der Waals surface area contributed by atoms with E-state index in [4.69, 9.17) is 5.73 Å². The maximum Gasteiger partial charge on any atom is 0.222 e. The highest BCUT2D eigenvalue weighted by atomic mass is 16.3. The molecule has 0 aliphatic heterocycles. The van der Waals surface area contributed by atoms with Gasteiger partial charge in [0.1, 0.15) is 5.75 Å². The lowest BCUT2D eigenvalue weighted by Gasteiger charge is -2.20. The minimum absolute atomic E-state index is 0.168. The quantitative estimate of drug-likeness (QED) is 0.735. The van der Waals surface area contributed by atoms with Crippen LogP contribution in [0.15, 0.2) is 24.3 Å². The fourth-order valence-corrected chi connectivity index (χ4v) is 2.56. The van der Waals surface area contributed by atoms with Crippen molar-refractivity contribution in [3.8, 4) is 5.75 Å². The van der Waals surface area contributed by atoms with Crippen LogP contribution in [0.3, 0.4) is 0 Å². The maximum absolute atomic E-state index is 12.2. The topological polar surface area (TPSA) is 66.6 Å². The maximum atomic E-state index is 12.2. The molecule has 1 amide bonds. The fourth-order valence-electron chi connectivity index (χ4n) is 2.56. The van der Waals surface area contributed by atoms with Crippen molar-refractivity contribution < 1.29 is 9.90 Å². The van der Waals surface area contributed by atoms with E-state index in [1.165, 1.54) is 0 Å². The van der Waals surface area contributed by atoms with Gasteiger partial charge >= 0.3 is 0 Å². The molecule has 0 aliphatic carbocycles. The molecule has 4 nitrogen and oxygen atoms in total.